The van der Waals surface area contributed by atoms with Crippen LogP contribution in [0.2, 0.25) is 5.15 Å². The number of hydrogen-bond acceptors (Lipinski definition) is 5. The molecule has 1 saturated heterocycles. The summed E-state index contributed by atoms with van der Waals surface area (Å²) in [4.78, 5) is 16.3. The number of hydrogen-bond donors (Lipinski definition) is 1. The molecule has 138 valence electrons. The van der Waals surface area contributed by atoms with Gasteiger partial charge in [0.05, 0.1) is 18.1 Å². The molecule has 0 saturated carbocycles. The molecule has 0 radical (unpaired) electrons. The molecule has 1 aromatic carbocycles. The third kappa shape index (κ3) is 4.21. The fraction of sp³-hybridized carbons (Fsp3) is 0.294. The number of morpholine rings is 1. The van der Waals surface area contributed by atoms with E-state index in [1.54, 1.807) is 24.3 Å². The minimum atomic E-state index is -3.64. The molecular weight excluding hydrogens is 378 g/mol. The zero-order chi connectivity index (χ0) is 18.6. The molecule has 1 amide bonds. The van der Waals surface area contributed by atoms with Crippen molar-refractivity contribution >= 4 is 27.5 Å². The minimum Gasteiger partial charge on any atom is -0.379 e. The standard InChI is InChI=1S/C17H18ClN3O4S/c18-16-11-13(5-6-19-16)17(22)20-12-14-3-1-2-4-15(14)26(23,24)21-7-9-25-10-8-21/h1-6,11H,7-10,12H2,(H,20,22). The van der Waals surface area contributed by atoms with Crippen LogP contribution >= 0.6 is 11.6 Å². The van der Waals surface area contributed by atoms with E-state index in [2.05, 4.69) is 10.3 Å². The smallest absolute Gasteiger partial charge is 0.251 e. The van der Waals surface area contributed by atoms with Crippen LogP contribution in [0.5, 0.6) is 0 Å². The highest BCUT2D eigenvalue weighted by atomic mass is 35.5. The van der Waals surface area contributed by atoms with Crippen LogP contribution in [-0.4, -0.2) is 49.9 Å². The fourth-order valence-corrected chi connectivity index (χ4v) is 4.45. The Hall–Kier alpha value is -2.00. The minimum absolute atomic E-state index is 0.0819. The third-order valence-electron chi connectivity index (χ3n) is 3.99. The van der Waals surface area contributed by atoms with Crippen molar-refractivity contribution < 1.29 is 17.9 Å². The number of nitrogens with one attached hydrogen (secondary N) is 1. The largest absolute Gasteiger partial charge is 0.379 e. The SMILES string of the molecule is O=C(NCc1ccccc1S(=O)(=O)N1CCOCC1)c1ccnc(Cl)c1. The van der Waals surface area contributed by atoms with E-state index in [9.17, 15) is 13.2 Å². The van der Waals surface area contributed by atoms with Crippen molar-refractivity contribution in [2.75, 3.05) is 26.3 Å². The highest BCUT2D eigenvalue weighted by Gasteiger charge is 2.28. The summed E-state index contributed by atoms with van der Waals surface area (Å²) < 4.78 is 32.4. The van der Waals surface area contributed by atoms with Crippen molar-refractivity contribution in [2.24, 2.45) is 0 Å². The number of carbonyl (C=O) groups excluding carboxylic acids is 1. The van der Waals surface area contributed by atoms with Crippen LogP contribution < -0.4 is 5.32 Å². The molecule has 0 bridgehead atoms. The quantitative estimate of drug-likeness (QED) is 0.778. The predicted molar refractivity (Wildman–Crippen MR) is 96.4 cm³/mol. The predicted octanol–water partition coefficient (Wildman–Crippen LogP) is 1.69. The summed E-state index contributed by atoms with van der Waals surface area (Å²) in [5.74, 6) is -0.354. The normalized spacial score (nSPS) is 15.6. The molecule has 1 fully saturated rings. The van der Waals surface area contributed by atoms with Crippen LogP contribution in [0.1, 0.15) is 15.9 Å². The van der Waals surface area contributed by atoms with Crippen molar-refractivity contribution in [3.05, 3.63) is 58.9 Å². The maximum absolute atomic E-state index is 12.9. The Morgan fingerprint density at radius 3 is 2.69 bits per heavy atom. The number of pyridine rings is 1. The van der Waals surface area contributed by atoms with E-state index in [0.29, 0.717) is 37.4 Å². The summed E-state index contributed by atoms with van der Waals surface area (Å²) in [6.07, 6.45) is 1.44. The molecule has 1 aromatic heterocycles. The Bertz CT molecular complexity index is 898. The molecule has 0 aliphatic carbocycles. The number of ether oxygens (including phenoxy) is 1. The molecule has 0 spiro atoms. The zero-order valence-electron chi connectivity index (χ0n) is 13.9. The molecule has 1 aliphatic rings. The van der Waals surface area contributed by atoms with Crippen LogP contribution in [-0.2, 0) is 21.3 Å². The Balaban J connectivity index is 1.78. The summed E-state index contributed by atoms with van der Waals surface area (Å²) in [6.45, 7) is 1.47. The van der Waals surface area contributed by atoms with Crippen molar-refractivity contribution in [2.45, 2.75) is 11.4 Å². The Morgan fingerprint density at radius 2 is 1.96 bits per heavy atom. The summed E-state index contributed by atoms with van der Waals surface area (Å²) >= 11 is 5.79. The van der Waals surface area contributed by atoms with Crippen LogP contribution in [0, 0.1) is 0 Å². The molecule has 26 heavy (non-hydrogen) atoms. The number of sulfonamides is 1. The molecule has 2 aromatic rings. The summed E-state index contributed by atoms with van der Waals surface area (Å²) in [6, 6.07) is 9.64. The van der Waals surface area contributed by atoms with E-state index in [1.165, 1.54) is 22.6 Å². The first-order valence-corrected chi connectivity index (χ1v) is 9.86. The van der Waals surface area contributed by atoms with Crippen LogP contribution in [0.25, 0.3) is 0 Å². The number of halogens is 1. The van der Waals surface area contributed by atoms with Gasteiger partial charge >= 0.3 is 0 Å². The molecular formula is C17H18ClN3O4S. The monoisotopic (exact) mass is 395 g/mol. The molecule has 1 aliphatic heterocycles. The third-order valence-corrected chi connectivity index (χ3v) is 6.19. The zero-order valence-corrected chi connectivity index (χ0v) is 15.5. The van der Waals surface area contributed by atoms with E-state index in [1.807, 2.05) is 0 Å². The summed E-state index contributed by atoms with van der Waals surface area (Å²) in [7, 11) is -3.64. The van der Waals surface area contributed by atoms with Gasteiger partial charge in [0.15, 0.2) is 0 Å². The Kier molecular flexibility index (Phi) is 5.87. The topological polar surface area (TPSA) is 88.6 Å². The Morgan fingerprint density at radius 1 is 1.23 bits per heavy atom. The maximum Gasteiger partial charge on any atom is 0.251 e. The van der Waals surface area contributed by atoms with Crippen LogP contribution in [0.3, 0.4) is 0 Å². The fourth-order valence-electron chi connectivity index (χ4n) is 2.65. The van der Waals surface area contributed by atoms with E-state index >= 15 is 0 Å². The van der Waals surface area contributed by atoms with Crippen molar-refractivity contribution in [3.8, 4) is 0 Å². The molecule has 0 atom stereocenters. The summed E-state index contributed by atoms with van der Waals surface area (Å²) in [5.41, 5.74) is 0.881. The van der Waals surface area contributed by atoms with E-state index in [0.717, 1.165) is 0 Å². The average Bonchev–Trinajstić information content (AvgIpc) is 2.67. The number of carbonyl (C=O) groups is 1. The van der Waals surface area contributed by atoms with Gasteiger partial charge in [-0.15, -0.1) is 0 Å². The second-order valence-electron chi connectivity index (χ2n) is 5.67. The van der Waals surface area contributed by atoms with Crippen molar-refractivity contribution in [1.82, 2.24) is 14.6 Å². The molecule has 0 unspecified atom stereocenters. The van der Waals surface area contributed by atoms with E-state index < -0.39 is 10.0 Å². The van der Waals surface area contributed by atoms with Gasteiger partial charge in [0.25, 0.3) is 5.91 Å². The lowest BCUT2D eigenvalue weighted by Gasteiger charge is -2.27. The number of amides is 1. The average molecular weight is 396 g/mol. The number of benzene rings is 1. The van der Waals surface area contributed by atoms with Gasteiger partial charge in [-0.3, -0.25) is 4.79 Å². The van der Waals surface area contributed by atoms with Gasteiger partial charge < -0.3 is 10.1 Å². The summed E-state index contributed by atoms with van der Waals surface area (Å²) in [5, 5.41) is 2.94. The molecule has 2 heterocycles. The highest BCUT2D eigenvalue weighted by molar-refractivity contribution is 7.89. The van der Waals surface area contributed by atoms with Gasteiger partial charge in [0.1, 0.15) is 5.15 Å². The van der Waals surface area contributed by atoms with Gasteiger partial charge in [-0.1, -0.05) is 29.8 Å². The van der Waals surface area contributed by atoms with Gasteiger partial charge in [-0.25, -0.2) is 13.4 Å². The van der Waals surface area contributed by atoms with Gasteiger partial charge in [0, 0.05) is 31.4 Å². The van der Waals surface area contributed by atoms with Gasteiger partial charge in [0.2, 0.25) is 10.0 Å². The lowest BCUT2D eigenvalue weighted by Crippen LogP contribution is -2.41. The number of aromatic nitrogens is 1. The molecule has 3 rings (SSSR count). The van der Waals surface area contributed by atoms with E-state index in [4.69, 9.17) is 16.3 Å². The first-order chi connectivity index (χ1) is 12.5. The molecule has 9 heteroatoms. The van der Waals surface area contributed by atoms with Crippen molar-refractivity contribution in [1.29, 1.82) is 0 Å². The lowest BCUT2D eigenvalue weighted by molar-refractivity contribution is 0.0730. The molecule has 1 N–H and O–H groups in total. The lowest BCUT2D eigenvalue weighted by atomic mass is 10.2. The van der Waals surface area contributed by atoms with Crippen LogP contribution in [0.15, 0.2) is 47.5 Å². The van der Waals surface area contributed by atoms with Gasteiger partial charge in [-0.2, -0.15) is 4.31 Å². The van der Waals surface area contributed by atoms with E-state index in [-0.39, 0.29) is 22.5 Å². The van der Waals surface area contributed by atoms with Crippen molar-refractivity contribution in [3.63, 3.8) is 0 Å². The second-order valence-corrected chi connectivity index (χ2v) is 7.97. The highest BCUT2D eigenvalue weighted by Crippen LogP contribution is 2.21. The van der Waals surface area contributed by atoms with Crippen LogP contribution in [0.4, 0.5) is 0 Å². The first-order valence-electron chi connectivity index (χ1n) is 8.04. The Labute approximate surface area is 157 Å². The number of rotatable bonds is 5. The first kappa shape index (κ1) is 18.8. The number of nitrogens with zero attached hydrogens (tertiary/aromatic N) is 2. The molecule has 7 nitrogen and oxygen atoms in total. The maximum atomic E-state index is 12.9. The van der Waals surface area contributed by atoms with Gasteiger partial charge in [-0.05, 0) is 23.8 Å². The second kappa shape index (κ2) is 8.13.